The van der Waals surface area contributed by atoms with Crippen LogP contribution in [-0.4, -0.2) is 25.9 Å². The highest BCUT2D eigenvalue weighted by atomic mass is 19.4. The van der Waals surface area contributed by atoms with Gasteiger partial charge in [0.05, 0.1) is 13.2 Å². The van der Waals surface area contributed by atoms with Crippen LogP contribution < -0.4 is 0 Å². The highest BCUT2D eigenvalue weighted by Gasteiger charge is 2.29. The molecule has 0 aliphatic carbocycles. The number of ether oxygens (including phenoxy) is 2. The van der Waals surface area contributed by atoms with Crippen molar-refractivity contribution in [3.8, 4) is 0 Å². The Hall–Kier alpha value is -0.500. The van der Waals surface area contributed by atoms with E-state index in [1.54, 1.807) is 0 Å². The van der Waals surface area contributed by atoms with Crippen molar-refractivity contribution >= 4 is 0 Å². The molecule has 0 atom stereocenters. The molecule has 0 spiro atoms. The van der Waals surface area contributed by atoms with Gasteiger partial charge in [0.25, 0.3) is 0 Å². The van der Waals surface area contributed by atoms with E-state index in [0.717, 1.165) is 0 Å². The summed E-state index contributed by atoms with van der Waals surface area (Å²) in [5, 5.41) is 0. The Morgan fingerprint density at radius 2 is 0.875 bits per heavy atom. The van der Waals surface area contributed by atoms with Gasteiger partial charge < -0.3 is 0 Å². The molecule has 0 amide bonds. The molecule has 0 N–H and O–H groups in total. The lowest BCUT2D eigenvalue weighted by molar-refractivity contribution is -0.326. The van der Waals surface area contributed by atoms with Crippen molar-refractivity contribution in [2.75, 3.05) is 13.2 Å². The SMILES string of the molecule is FC(F)(F)OCCCCCCOC(F)(F)F. The quantitative estimate of drug-likeness (QED) is 0.510. The first-order chi connectivity index (χ1) is 7.21. The molecular weight excluding hydrogens is 242 g/mol. The van der Waals surface area contributed by atoms with Gasteiger partial charge in [0.2, 0.25) is 0 Å². The average molecular weight is 254 g/mol. The lowest BCUT2D eigenvalue weighted by Crippen LogP contribution is -2.14. The van der Waals surface area contributed by atoms with Gasteiger partial charge in [-0.2, -0.15) is 0 Å². The maximum Gasteiger partial charge on any atom is 0.522 e. The van der Waals surface area contributed by atoms with E-state index in [1.165, 1.54) is 0 Å². The van der Waals surface area contributed by atoms with E-state index in [0.29, 0.717) is 12.8 Å². The normalized spacial score (nSPS) is 13.1. The molecule has 0 unspecified atom stereocenters. The van der Waals surface area contributed by atoms with Crippen molar-refractivity contribution < 1.29 is 35.8 Å². The molecule has 0 heterocycles. The summed E-state index contributed by atoms with van der Waals surface area (Å²) in [4.78, 5) is 0. The van der Waals surface area contributed by atoms with Crippen molar-refractivity contribution in [2.45, 2.75) is 38.4 Å². The first kappa shape index (κ1) is 15.5. The van der Waals surface area contributed by atoms with Gasteiger partial charge in [-0.15, -0.1) is 26.3 Å². The van der Waals surface area contributed by atoms with Crippen molar-refractivity contribution in [1.29, 1.82) is 0 Å². The fourth-order valence-corrected chi connectivity index (χ4v) is 0.933. The molecule has 8 heteroatoms. The molecule has 0 aromatic carbocycles. The number of alkyl halides is 6. The summed E-state index contributed by atoms with van der Waals surface area (Å²) >= 11 is 0. The predicted octanol–water partition coefficient (Wildman–Crippen LogP) is 3.62. The fourth-order valence-electron chi connectivity index (χ4n) is 0.933. The second kappa shape index (κ2) is 6.95. The van der Waals surface area contributed by atoms with Crippen LogP contribution in [0, 0.1) is 0 Å². The minimum Gasteiger partial charge on any atom is -0.292 e. The summed E-state index contributed by atoms with van der Waals surface area (Å²) in [5.74, 6) is 0. The Kier molecular flexibility index (Phi) is 6.73. The van der Waals surface area contributed by atoms with E-state index in [9.17, 15) is 26.3 Å². The highest BCUT2D eigenvalue weighted by Crippen LogP contribution is 2.18. The van der Waals surface area contributed by atoms with Gasteiger partial charge >= 0.3 is 12.7 Å². The monoisotopic (exact) mass is 254 g/mol. The van der Waals surface area contributed by atoms with Crippen LogP contribution in [0.4, 0.5) is 26.3 Å². The van der Waals surface area contributed by atoms with Crippen LogP contribution >= 0.6 is 0 Å². The Balaban J connectivity index is 3.17. The molecule has 2 nitrogen and oxygen atoms in total. The number of hydrogen-bond acceptors (Lipinski definition) is 2. The van der Waals surface area contributed by atoms with Crippen molar-refractivity contribution in [1.82, 2.24) is 0 Å². The smallest absolute Gasteiger partial charge is 0.292 e. The third kappa shape index (κ3) is 13.5. The molecule has 0 aromatic rings. The van der Waals surface area contributed by atoms with Crippen LogP contribution in [0.15, 0.2) is 0 Å². The molecular formula is C8H12F6O2. The lowest BCUT2D eigenvalue weighted by Gasteiger charge is -2.08. The molecule has 0 aliphatic rings. The number of halogens is 6. The zero-order valence-corrected chi connectivity index (χ0v) is 8.33. The molecule has 0 bridgehead atoms. The second-order valence-electron chi connectivity index (χ2n) is 3.00. The van der Waals surface area contributed by atoms with Gasteiger partial charge in [-0.3, -0.25) is 9.47 Å². The summed E-state index contributed by atoms with van der Waals surface area (Å²) < 4.78 is 75.7. The summed E-state index contributed by atoms with van der Waals surface area (Å²) in [6.07, 6.45) is -8.22. The first-order valence-electron chi connectivity index (χ1n) is 4.62. The maximum atomic E-state index is 11.4. The predicted molar refractivity (Wildman–Crippen MR) is 42.5 cm³/mol. The molecule has 0 saturated carbocycles. The zero-order valence-electron chi connectivity index (χ0n) is 8.33. The summed E-state index contributed by atoms with van der Waals surface area (Å²) in [5.41, 5.74) is 0. The van der Waals surface area contributed by atoms with Crippen LogP contribution in [-0.2, 0) is 9.47 Å². The van der Waals surface area contributed by atoms with Crippen molar-refractivity contribution in [3.63, 3.8) is 0 Å². The molecule has 0 fully saturated rings. The Labute approximate surface area is 88.5 Å². The minimum absolute atomic E-state index is 0.158. The van der Waals surface area contributed by atoms with Crippen LogP contribution in [0.1, 0.15) is 25.7 Å². The average Bonchev–Trinajstić information content (AvgIpc) is 2.06. The van der Waals surface area contributed by atoms with Crippen molar-refractivity contribution in [2.24, 2.45) is 0 Å². The fraction of sp³-hybridized carbons (Fsp3) is 1.00. The van der Waals surface area contributed by atoms with Crippen LogP contribution in [0.5, 0.6) is 0 Å². The minimum atomic E-state index is -4.64. The number of hydrogen-bond donors (Lipinski definition) is 0. The third-order valence-corrected chi connectivity index (χ3v) is 1.57. The molecule has 16 heavy (non-hydrogen) atoms. The molecule has 0 saturated heterocycles. The highest BCUT2D eigenvalue weighted by molar-refractivity contribution is 4.43. The van der Waals surface area contributed by atoms with Crippen LogP contribution in [0.3, 0.4) is 0 Å². The Morgan fingerprint density at radius 1 is 0.562 bits per heavy atom. The molecule has 98 valence electrons. The summed E-state index contributed by atoms with van der Waals surface area (Å²) in [7, 11) is 0. The third-order valence-electron chi connectivity index (χ3n) is 1.57. The van der Waals surface area contributed by atoms with E-state index in [-0.39, 0.29) is 12.8 Å². The molecule has 0 aliphatic heterocycles. The second-order valence-corrected chi connectivity index (χ2v) is 3.00. The molecule has 0 radical (unpaired) electrons. The molecule has 0 rings (SSSR count). The Bertz CT molecular complexity index is 156. The lowest BCUT2D eigenvalue weighted by atomic mass is 10.2. The maximum absolute atomic E-state index is 11.4. The Morgan fingerprint density at radius 3 is 1.12 bits per heavy atom. The largest absolute Gasteiger partial charge is 0.522 e. The van der Waals surface area contributed by atoms with Gasteiger partial charge in [0.15, 0.2) is 0 Å². The van der Waals surface area contributed by atoms with Crippen molar-refractivity contribution in [3.05, 3.63) is 0 Å². The van der Waals surface area contributed by atoms with Gasteiger partial charge in [-0.1, -0.05) is 12.8 Å². The standard InChI is InChI=1S/C8H12F6O2/c9-7(10,11)15-5-3-1-2-4-6-16-8(12,13)14/h1-6H2. The van der Waals surface area contributed by atoms with E-state index in [1.807, 2.05) is 0 Å². The number of unbranched alkanes of at least 4 members (excludes halogenated alkanes) is 3. The zero-order chi connectivity index (χ0) is 12.7. The van der Waals surface area contributed by atoms with E-state index in [2.05, 4.69) is 9.47 Å². The van der Waals surface area contributed by atoms with Gasteiger partial charge in [0.1, 0.15) is 0 Å². The van der Waals surface area contributed by atoms with Crippen LogP contribution in [0.2, 0.25) is 0 Å². The first-order valence-corrected chi connectivity index (χ1v) is 4.62. The van der Waals surface area contributed by atoms with Gasteiger partial charge in [0, 0.05) is 0 Å². The number of rotatable bonds is 7. The van der Waals surface area contributed by atoms with Gasteiger partial charge in [-0.05, 0) is 12.8 Å². The molecule has 0 aromatic heterocycles. The van der Waals surface area contributed by atoms with Gasteiger partial charge in [-0.25, -0.2) is 0 Å². The topological polar surface area (TPSA) is 18.5 Å². The summed E-state index contributed by atoms with van der Waals surface area (Å²) in [6.45, 7) is -0.937. The van der Waals surface area contributed by atoms with Crippen LogP contribution in [0.25, 0.3) is 0 Å². The van der Waals surface area contributed by atoms with E-state index >= 15 is 0 Å². The van der Waals surface area contributed by atoms with E-state index < -0.39 is 25.9 Å². The van der Waals surface area contributed by atoms with E-state index in [4.69, 9.17) is 0 Å². The summed E-state index contributed by atoms with van der Waals surface area (Å²) in [6, 6.07) is 0.